The molecule has 0 spiro atoms. The van der Waals surface area contributed by atoms with Gasteiger partial charge in [-0.1, -0.05) is 13.3 Å². The molecule has 0 aromatic carbocycles. The molecule has 1 heterocycles. The summed E-state index contributed by atoms with van der Waals surface area (Å²) in [5, 5.41) is 8.97. The molecule has 0 radical (unpaired) electrons. The van der Waals surface area contributed by atoms with Crippen LogP contribution in [0, 0.1) is 0 Å². The fraction of sp³-hybridized carbons (Fsp3) is 0.500. The van der Waals surface area contributed by atoms with Gasteiger partial charge in [0.2, 0.25) is 15.9 Å². The molecular formula is C12H19N3O5S. The number of primary amides is 1. The first-order valence-electron chi connectivity index (χ1n) is 6.38. The van der Waals surface area contributed by atoms with Gasteiger partial charge in [0.1, 0.15) is 10.6 Å². The summed E-state index contributed by atoms with van der Waals surface area (Å²) in [4.78, 5) is 21.9. The monoisotopic (exact) mass is 317 g/mol. The van der Waals surface area contributed by atoms with E-state index in [1.54, 1.807) is 0 Å². The van der Waals surface area contributed by atoms with Gasteiger partial charge in [-0.3, -0.25) is 4.79 Å². The number of nitrogens with zero attached hydrogens (tertiary/aromatic N) is 2. The molecule has 21 heavy (non-hydrogen) atoms. The van der Waals surface area contributed by atoms with Crippen molar-refractivity contribution in [3.05, 3.63) is 18.0 Å². The summed E-state index contributed by atoms with van der Waals surface area (Å²) in [5.41, 5.74) is 4.93. The number of carbonyl (C=O) groups excluding carboxylic acids is 1. The van der Waals surface area contributed by atoms with Crippen LogP contribution in [0.15, 0.2) is 17.2 Å². The fourth-order valence-corrected chi connectivity index (χ4v) is 3.35. The lowest BCUT2D eigenvalue weighted by Crippen LogP contribution is -2.38. The highest BCUT2D eigenvalue weighted by atomic mass is 32.2. The Bertz CT molecular complexity index is 635. The summed E-state index contributed by atoms with van der Waals surface area (Å²) >= 11 is 0. The van der Waals surface area contributed by atoms with E-state index in [1.165, 1.54) is 17.8 Å². The van der Waals surface area contributed by atoms with E-state index in [-0.39, 0.29) is 17.1 Å². The molecule has 8 nitrogen and oxygen atoms in total. The van der Waals surface area contributed by atoms with Crippen molar-refractivity contribution < 1.29 is 23.1 Å². The van der Waals surface area contributed by atoms with Crippen molar-refractivity contribution in [3.8, 4) is 0 Å². The number of rotatable bonds is 8. The predicted molar refractivity (Wildman–Crippen MR) is 75.2 cm³/mol. The highest BCUT2D eigenvalue weighted by Gasteiger charge is 2.28. The Balaban J connectivity index is 3.18. The quantitative estimate of drug-likeness (QED) is 0.698. The van der Waals surface area contributed by atoms with E-state index in [4.69, 9.17) is 10.8 Å². The van der Waals surface area contributed by atoms with Gasteiger partial charge in [-0.15, -0.1) is 0 Å². The Labute approximate surface area is 123 Å². The Morgan fingerprint density at radius 1 is 1.43 bits per heavy atom. The van der Waals surface area contributed by atoms with Crippen LogP contribution in [0.4, 0.5) is 0 Å². The van der Waals surface area contributed by atoms with E-state index < -0.39 is 28.4 Å². The number of hydrogen-bond acceptors (Lipinski definition) is 4. The zero-order valence-electron chi connectivity index (χ0n) is 11.9. The van der Waals surface area contributed by atoms with Gasteiger partial charge in [0.15, 0.2) is 0 Å². The second-order valence-electron chi connectivity index (χ2n) is 4.64. The molecule has 1 aromatic rings. The molecule has 0 saturated carbocycles. The molecule has 1 rings (SSSR count). The standard InChI is InChI=1S/C12H19N3O5S/c1-3-4-5-15(8-11(13)16)21(19,20)9-6-10(12(17)18)14(2)7-9/h6-7H,3-5,8H2,1-2H3,(H2,13,16)(H,17,18). The summed E-state index contributed by atoms with van der Waals surface area (Å²) in [7, 11) is -2.52. The molecule has 9 heteroatoms. The number of aromatic carboxylic acids is 1. The number of unbranched alkanes of at least 4 members (excludes halogenated alkanes) is 1. The van der Waals surface area contributed by atoms with Crippen LogP contribution in [-0.2, 0) is 21.9 Å². The van der Waals surface area contributed by atoms with Crippen molar-refractivity contribution in [3.63, 3.8) is 0 Å². The minimum atomic E-state index is -3.96. The third kappa shape index (κ3) is 4.05. The van der Waals surface area contributed by atoms with Crippen LogP contribution in [0.1, 0.15) is 30.3 Å². The van der Waals surface area contributed by atoms with Crippen molar-refractivity contribution >= 4 is 21.9 Å². The Kier molecular flexibility index (Phi) is 5.50. The first-order chi connectivity index (χ1) is 9.70. The first kappa shape index (κ1) is 17.2. The molecular weight excluding hydrogens is 298 g/mol. The molecule has 0 aliphatic carbocycles. The van der Waals surface area contributed by atoms with Gasteiger partial charge < -0.3 is 15.4 Å². The van der Waals surface area contributed by atoms with Crippen molar-refractivity contribution in [2.24, 2.45) is 12.8 Å². The van der Waals surface area contributed by atoms with Gasteiger partial charge in [0.25, 0.3) is 0 Å². The summed E-state index contributed by atoms with van der Waals surface area (Å²) in [6.07, 6.45) is 2.53. The largest absolute Gasteiger partial charge is 0.477 e. The molecule has 3 N–H and O–H groups in total. The van der Waals surface area contributed by atoms with Gasteiger partial charge >= 0.3 is 5.97 Å². The number of amides is 1. The van der Waals surface area contributed by atoms with E-state index in [1.807, 2.05) is 6.92 Å². The number of carboxylic acids is 1. The minimum Gasteiger partial charge on any atom is -0.477 e. The summed E-state index contributed by atoms with van der Waals surface area (Å²) in [6, 6.07) is 1.07. The molecule has 0 fully saturated rings. The molecule has 1 amide bonds. The van der Waals surface area contributed by atoms with Crippen LogP contribution in [0.25, 0.3) is 0 Å². The molecule has 118 valence electrons. The van der Waals surface area contributed by atoms with E-state index in [0.717, 1.165) is 16.8 Å². The molecule has 1 aromatic heterocycles. The second kappa shape index (κ2) is 6.72. The molecule has 0 aliphatic heterocycles. The summed E-state index contributed by atoms with van der Waals surface area (Å²) in [5.74, 6) is -1.99. The average molecular weight is 317 g/mol. The van der Waals surface area contributed by atoms with Gasteiger partial charge in [0, 0.05) is 19.8 Å². The highest BCUT2D eigenvalue weighted by Crippen LogP contribution is 2.19. The molecule has 0 unspecified atom stereocenters. The topological polar surface area (TPSA) is 123 Å². The predicted octanol–water partition coefficient (Wildman–Crippen LogP) is -0.000600. The number of sulfonamides is 1. The maximum Gasteiger partial charge on any atom is 0.352 e. The number of hydrogen-bond donors (Lipinski definition) is 2. The maximum atomic E-state index is 12.5. The van der Waals surface area contributed by atoms with Crippen LogP contribution in [0.2, 0.25) is 0 Å². The minimum absolute atomic E-state index is 0.150. The lowest BCUT2D eigenvalue weighted by Gasteiger charge is -2.19. The Morgan fingerprint density at radius 3 is 2.48 bits per heavy atom. The lowest BCUT2D eigenvalue weighted by molar-refractivity contribution is -0.118. The fourth-order valence-electron chi connectivity index (χ4n) is 1.83. The van der Waals surface area contributed by atoms with Crippen LogP contribution >= 0.6 is 0 Å². The zero-order chi connectivity index (χ0) is 16.2. The molecule has 0 aliphatic rings. The van der Waals surface area contributed by atoms with E-state index in [2.05, 4.69) is 0 Å². The second-order valence-corrected chi connectivity index (χ2v) is 6.57. The van der Waals surface area contributed by atoms with Gasteiger partial charge in [-0.2, -0.15) is 4.31 Å². The van der Waals surface area contributed by atoms with Gasteiger partial charge in [-0.25, -0.2) is 13.2 Å². The normalized spacial score (nSPS) is 11.8. The SMILES string of the molecule is CCCCN(CC(N)=O)S(=O)(=O)c1cc(C(=O)O)n(C)c1. The first-order valence-corrected chi connectivity index (χ1v) is 7.82. The van der Waals surface area contributed by atoms with Crippen molar-refractivity contribution in [1.29, 1.82) is 0 Å². The van der Waals surface area contributed by atoms with E-state index in [0.29, 0.717) is 6.42 Å². The van der Waals surface area contributed by atoms with Crippen LogP contribution in [0.3, 0.4) is 0 Å². The number of nitrogens with two attached hydrogens (primary N) is 1. The van der Waals surface area contributed by atoms with Gasteiger partial charge in [0.05, 0.1) is 6.54 Å². The van der Waals surface area contributed by atoms with Crippen LogP contribution in [0.5, 0.6) is 0 Å². The van der Waals surface area contributed by atoms with Crippen molar-refractivity contribution in [2.45, 2.75) is 24.7 Å². The summed E-state index contributed by atoms with van der Waals surface area (Å²) in [6.45, 7) is 1.61. The maximum absolute atomic E-state index is 12.5. The smallest absolute Gasteiger partial charge is 0.352 e. The lowest BCUT2D eigenvalue weighted by atomic mass is 10.3. The zero-order valence-corrected chi connectivity index (χ0v) is 12.8. The Hall–Kier alpha value is -1.87. The molecule has 0 bridgehead atoms. The molecule has 0 saturated heterocycles. The average Bonchev–Trinajstić information content (AvgIpc) is 2.76. The third-order valence-electron chi connectivity index (χ3n) is 2.93. The highest BCUT2D eigenvalue weighted by molar-refractivity contribution is 7.89. The third-order valence-corrected chi connectivity index (χ3v) is 4.74. The number of carboxylic acid groups (broad SMARTS) is 1. The van der Waals surface area contributed by atoms with Crippen molar-refractivity contribution in [1.82, 2.24) is 8.87 Å². The van der Waals surface area contributed by atoms with E-state index >= 15 is 0 Å². The van der Waals surface area contributed by atoms with E-state index in [9.17, 15) is 18.0 Å². The van der Waals surface area contributed by atoms with Crippen molar-refractivity contribution in [2.75, 3.05) is 13.1 Å². The number of aryl methyl sites for hydroxylation is 1. The van der Waals surface area contributed by atoms with Crippen LogP contribution < -0.4 is 5.73 Å². The molecule has 0 atom stereocenters. The van der Waals surface area contributed by atoms with Crippen LogP contribution in [-0.4, -0.2) is 47.4 Å². The number of carbonyl (C=O) groups is 2. The summed E-state index contributed by atoms with van der Waals surface area (Å²) < 4.78 is 27.1. The Morgan fingerprint density at radius 2 is 2.05 bits per heavy atom. The van der Waals surface area contributed by atoms with Gasteiger partial charge in [-0.05, 0) is 12.5 Å². The number of aromatic nitrogens is 1.